The molecule has 264 valence electrons. The molecule has 0 amide bonds. The molecule has 0 fully saturated rings. The maximum atomic E-state index is 9.92. The van der Waals surface area contributed by atoms with Crippen LogP contribution in [-0.2, 0) is 0 Å². The number of para-hydroxylation sites is 2. The molecule has 0 unspecified atom stereocenters. The van der Waals surface area contributed by atoms with Gasteiger partial charge in [0, 0.05) is 33.4 Å². The van der Waals surface area contributed by atoms with Crippen LogP contribution in [0.5, 0.6) is 0 Å². The smallest absolute Gasteiger partial charge is 0.0645 e. The summed E-state index contributed by atoms with van der Waals surface area (Å²) in [6.45, 7) is 0. The van der Waals surface area contributed by atoms with Gasteiger partial charge in [-0.25, -0.2) is 0 Å². The first kappa shape index (κ1) is 15.7. The number of hydrogen-bond acceptors (Lipinski definition) is 1. The van der Waals surface area contributed by atoms with Gasteiger partial charge in [-0.3, -0.25) is 0 Å². The molecule has 1 heterocycles. The van der Waals surface area contributed by atoms with Crippen LogP contribution < -0.4 is 4.90 Å². The zero-order valence-electron chi connectivity index (χ0n) is 54.8. The number of hydrogen-bond donors (Lipinski definition) is 0. The molecule has 1 aromatic heterocycles. The van der Waals surface area contributed by atoms with Crippen molar-refractivity contribution >= 4 is 38.9 Å². The quantitative estimate of drug-likeness (QED) is 0.151. The Morgan fingerprint density at radius 1 is 0.375 bits per heavy atom. The highest BCUT2D eigenvalue weighted by Crippen LogP contribution is 2.44. The van der Waals surface area contributed by atoms with E-state index in [1.807, 2.05) is 59.2 Å². The average Bonchev–Trinajstić information content (AvgIpc) is 1.19. The van der Waals surface area contributed by atoms with Crippen molar-refractivity contribution in [3.63, 3.8) is 0 Å². The Morgan fingerprint density at radius 2 is 0.875 bits per heavy atom. The lowest BCUT2D eigenvalue weighted by Gasteiger charge is -2.29. The van der Waals surface area contributed by atoms with Gasteiger partial charge in [0.25, 0.3) is 0 Å². The van der Waals surface area contributed by atoms with Gasteiger partial charge in [0.2, 0.25) is 0 Å². The van der Waals surface area contributed by atoms with Crippen molar-refractivity contribution in [1.82, 2.24) is 4.57 Å². The Labute approximate surface area is 364 Å². The molecule has 0 radical (unpaired) electrons. The molecule has 0 aliphatic rings. The van der Waals surface area contributed by atoms with E-state index >= 15 is 0 Å². The number of benzene rings is 9. The minimum atomic E-state index is -1.27. The van der Waals surface area contributed by atoms with E-state index in [4.69, 9.17) is 17.8 Å². The van der Waals surface area contributed by atoms with Gasteiger partial charge in [0.1, 0.15) is 0 Å². The Morgan fingerprint density at radius 3 is 1.52 bits per heavy atom. The third-order valence-electron chi connectivity index (χ3n) is 8.91. The molecule has 0 spiro atoms. The minimum Gasteiger partial charge on any atom is -0.310 e. The highest BCUT2D eigenvalue weighted by Gasteiger charge is 2.19. The van der Waals surface area contributed by atoms with Crippen molar-refractivity contribution in [2.75, 3.05) is 4.90 Å². The number of aromatic nitrogens is 1. The van der Waals surface area contributed by atoms with E-state index in [0.717, 1.165) is 16.6 Å². The van der Waals surface area contributed by atoms with Crippen LogP contribution in [0.4, 0.5) is 17.1 Å². The Hall–Kier alpha value is -7.42. The second-order valence-electron chi connectivity index (χ2n) is 12.2. The first-order valence-corrected chi connectivity index (χ1v) is 17.1. The van der Waals surface area contributed by atoms with Crippen molar-refractivity contribution in [1.29, 1.82) is 0 Å². The van der Waals surface area contributed by atoms with Crippen LogP contribution in [0.15, 0.2) is 230 Å². The zero-order valence-corrected chi connectivity index (χ0v) is 28.8. The topological polar surface area (TPSA) is 8.17 Å². The molecule has 0 N–H and O–H groups in total. The second kappa shape index (κ2) is 14.4. The standard InChI is InChI=1S/C54H38N2/c1-5-15-39(16-6-1)41-25-31-47(32-26-41)55(53-35-29-44(40-17-7-2-8-18-40)37-50(53)43-19-9-3-10-20-43)48-33-27-42(28-34-48)45-30-36-54-51(38-45)49-23-13-14-24-52(49)56(54)46-21-11-4-12-22-46/h1-38H/i1D,2D,3D,5D,6D,7D,8D,9D,10D,15D,16D,17D,18D,19D,20D,25D,26D,27D,28D,29D,31D,32D,33D,34D,35D,37D. The normalized spacial score (nSPS) is 17.7. The minimum absolute atomic E-state index is 0.136. The number of rotatable bonds is 8. The summed E-state index contributed by atoms with van der Waals surface area (Å²) in [5.74, 6) is 0. The fourth-order valence-electron chi connectivity index (χ4n) is 6.42. The van der Waals surface area contributed by atoms with Gasteiger partial charge >= 0.3 is 0 Å². The van der Waals surface area contributed by atoms with Crippen LogP contribution in [-0.4, -0.2) is 4.57 Å². The maximum Gasteiger partial charge on any atom is 0.0645 e. The number of anilines is 3. The zero-order chi connectivity index (χ0) is 59.9. The predicted octanol–water partition coefficient (Wildman–Crippen LogP) is 14.9. The van der Waals surface area contributed by atoms with E-state index in [1.54, 1.807) is 18.2 Å². The van der Waals surface area contributed by atoms with Crippen LogP contribution >= 0.6 is 0 Å². The van der Waals surface area contributed by atoms with Crippen molar-refractivity contribution < 1.29 is 35.6 Å². The lowest BCUT2D eigenvalue weighted by molar-refractivity contribution is 1.18. The number of nitrogens with zero attached hydrogens (tertiary/aromatic N) is 2. The third kappa shape index (κ3) is 6.14. The molecule has 0 saturated carbocycles. The largest absolute Gasteiger partial charge is 0.310 e. The van der Waals surface area contributed by atoms with Gasteiger partial charge in [0.05, 0.1) is 52.4 Å². The summed E-state index contributed by atoms with van der Waals surface area (Å²) >= 11 is 0. The highest BCUT2D eigenvalue weighted by atomic mass is 15.1. The van der Waals surface area contributed by atoms with E-state index in [2.05, 4.69) is 0 Å². The first-order chi connectivity index (χ1) is 38.6. The number of fused-ring (bicyclic) bond motifs is 3. The summed E-state index contributed by atoms with van der Waals surface area (Å²) < 4.78 is 238. The van der Waals surface area contributed by atoms with E-state index in [9.17, 15) is 17.8 Å². The van der Waals surface area contributed by atoms with E-state index in [-0.39, 0.29) is 11.1 Å². The molecule has 2 nitrogen and oxygen atoms in total. The van der Waals surface area contributed by atoms with Gasteiger partial charge in [-0.2, -0.15) is 0 Å². The Kier molecular flexibility index (Phi) is 4.06. The molecular formula is C54H38N2. The summed E-state index contributed by atoms with van der Waals surface area (Å²) in [5.41, 5.74) is -6.71. The molecule has 0 aliphatic carbocycles. The fraction of sp³-hybridized carbons (Fsp3) is 0. The van der Waals surface area contributed by atoms with Gasteiger partial charge in [-0.1, -0.05) is 163 Å². The van der Waals surface area contributed by atoms with E-state index < -0.39 is 208 Å². The molecule has 9 aromatic carbocycles. The van der Waals surface area contributed by atoms with Crippen molar-refractivity contribution in [3.05, 3.63) is 230 Å². The van der Waals surface area contributed by atoms with E-state index in [0.29, 0.717) is 15.8 Å². The van der Waals surface area contributed by atoms with E-state index in [1.165, 1.54) is 0 Å². The molecule has 10 rings (SSSR count). The van der Waals surface area contributed by atoms with Crippen molar-refractivity contribution in [2.45, 2.75) is 0 Å². The second-order valence-corrected chi connectivity index (χ2v) is 12.2. The molecule has 0 aliphatic heterocycles. The fourth-order valence-corrected chi connectivity index (χ4v) is 6.42. The lowest BCUT2D eigenvalue weighted by atomic mass is 9.96. The lowest BCUT2D eigenvalue weighted by Crippen LogP contribution is -2.11. The summed E-state index contributed by atoms with van der Waals surface area (Å²) in [6, 6.07) is -5.27. The molecule has 10 aromatic rings. The SMILES string of the molecule is [2H]c1c([2H])c([2H])c(-c2c([2H])c([2H])c(N(c3c([2H])c([2H])c(-c4ccc5c(c4)c4ccccc4n5-c4ccccc4)c([2H])c3[2H])c3c([2H])c([2H])c(-c4c([2H])c([2H])c([2H])c([2H])c4[2H])c([2H])c3-c3c([2H])c([2H])c([2H])c([2H])c3[2H])c([2H])c2[2H])c([2H])c1[2H]. The van der Waals surface area contributed by atoms with Crippen LogP contribution in [0.1, 0.15) is 35.6 Å². The summed E-state index contributed by atoms with van der Waals surface area (Å²) in [6.07, 6.45) is 0. The van der Waals surface area contributed by atoms with Crippen molar-refractivity contribution in [2.24, 2.45) is 0 Å². The van der Waals surface area contributed by atoms with Crippen LogP contribution in [0.3, 0.4) is 0 Å². The van der Waals surface area contributed by atoms with Gasteiger partial charge in [0.15, 0.2) is 0 Å². The average molecular weight is 741 g/mol. The van der Waals surface area contributed by atoms with Crippen LogP contribution in [0, 0.1) is 0 Å². The van der Waals surface area contributed by atoms with Crippen LogP contribution in [0.2, 0.25) is 0 Å². The van der Waals surface area contributed by atoms with Crippen molar-refractivity contribution in [3.8, 4) is 50.2 Å². The Balaban J connectivity index is 1.39. The predicted molar refractivity (Wildman–Crippen MR) is 237 cm³/mol. The summed E-state index contributed by atoms with van der Waals surface area (Å²) in [4.78, 5) is 0.424. The van der Waals surface area contributed by atoms with Gasteiger partial charge in [-0.15, -0.1) is 0 Å². The highest BCUT2D eigenvalue weighted by molar-refractivity contribution is 6.10. The third-order valence-corrected chi connectivity index (χ3v) is 8.91. The van der Waals surface area contributed by atoms with Crippen LogP contribution in [0.25, 0.3) is 72.0 Å². The van der Waals surface area contributed by atoms with Gasteiger partial charge in [-0.05, 0) is 106 Å². The molecule has 0 atom stereocenters. The van der Waals surface area contributed by atoms with Gasteiger partial charge < -0.3 is 9.47 Å². The summed E-state index contributed by atoms with van der Waals surface area (Å²) in [7, 11) is 0. The summed E-state index contributed by atoms with van der Waals surface area (Å²) in [5, 5.41) is 1.36. The molecule has 0 bridgehead atoms. The first-order valence-electron chi connectivity index (χ1n) is 30.1. The molecule has 56 heavy (non-hydrogen) atoms. The Bertz CT molecular complexity index is 4330. The molecular weight excluding hydrogens is 677 g/mol. The maximum absolute atomic E-state index is 9.92. The molecule has 2 heteroatoms. The molecule has 0 saturated heterocycles. The monoisotopic (exact) mass is 740 g/mol.